The van der Waals surface area contributed by atoms with Gasteiger partial charge >= 0.3 is 0 Å². The van der Waals surface area contributed by atoms with E-state index in [1.807, 2.05) is 0 Å². The van der Waals surface area contributed by atoms with E-state index in [4.69, 9.17) is 4.74 Å². The van der Waals surface area contributed by atoms with Gasteiger partial charge in [-0.15, -0.1) is 0 Å². The van der Waals surface area contributed by atoms with Crippen molar-refractivity contribution in [3.63, 3.8) is 0 Å². The predicted octanol–water partition coefficient (Wildman–Crippen LogP) is 1.96. The Kier molecular flexibility index (Phi) is 1.90. The van der Waals surface area contributed by atoms with Crippen LogP contribution in [0, 0.1) is 0 Å². The quantitative estimate of drug-likeness (QED) is 0.511. The molecule has 0 aromatic carbocycles. The molecule has 0 aliphatic carbocycles. The first kappa shape index (κ1) is 6.09. The molecule has 1 saturated heterocycles. The van der Waals surface area contributed by atoms with Crippen molar-refractivity contribution < 1.29 is 4.74 Å². The molecule has 1 heteroatoms. The van der Waals surface area contributed by atoms with Crippen LogP contribution in [-0.2, 0) is 4.74 Å². The topological polar surface area (TPSA) is 12.5 Å². The minimum absolute atomic E-state index is 0.571. The van der Waals surface area contributed by atoms with Crippen LogP contribution in [0.2, 0.25) is 0 Å². The fraction of sp³-hybridized carbons (Fsp3) is 1.00. The third kappa shape index (κ3) is 1.48. The average Bonchev–Trinajstić information content (AvgIpc) is 2.42. The highest BCUT2D eigenvalue weighted by Crippen LogP contribution is 2.25. The molecule has 0 aromatic heterocycles. The molecule has 1 nitrogen and oxygen atoms in total. The summed E-state index contributed by atoms with van der Waals surface area (Å²) in [6.45, 7) is 4.35. The molecular formula is C7H14O. The van der Waals surface area contributed by atoms with Crippen LogP contribution in [0.4, 0.5) is 0 Å². The first-order valence-electron chi connectivity index (χ1n) is 3.50. The Morgan fingerprint density at radius 3 is 2.50 bits per heavy atom. The molecule has 0 N–H and O–H groups in total. The van der Waals surface area contributed by atoms with Gasteiger partial charge in [0.25, 0.3) is 0 Å². The number of hydrogen-bond acceptors (Lipinski definition) is 1. The van der Waals surface area contributed by atoms with Crippen molar-refractivity contribution in [2.45, 2.75) is 45.3 Å². The van der Waals surface area contributed by atoms with Gasteiger partial charge in [-0.05, 0) is 13.3 Å². The Bertz CT molecular complexity index is 70.8. The SMILES string of the molecule is CCCC[C@H]1OC1C. The van der Waals surface area contributed by atoms with Crippen molar-refractivity contribution in [3.05, 3.63) is 0 Å². The third-order valence-electron chi connectivity index (χ3n) is 1.68. The lowest BCUT2D eigenvalue weighted by molar-refractivity contribution is 0.366. The van der Waals surface area contributed by atoms with E-state index in [1.165, 1.54) is 19.3 Å². The fourth-order valence-electron chi connectivity index (χ4n) is 0.938. The number of unbranched alkanes of at least 4 members (excludes halogenated alkanes) is 1. The highest BCUT2D eigenvalue weighted by atomic mass is 16.6. The fourth-order valence-corrected chi connectivity index (χ4v) is 0.938. The Labute approximate surface area is 51.0 Å². The molecule has 1 heterocycles. The lowest BCUT2D eigenvalue weighted by atomic mass is 10.2. The van der Waals surface area contributed by atoms with Crippen LogP contribution < -0.4 is 0 Å². The highest BCUT2D eigenvalue weighted by molar-refractivity contribution is 4.79. The smallest absolute Gasteiger partial charge is 0.0839 e. The van der Waals surface area contributed by atoms with E-state index in [0.29, 0.717) is 12.2 Å². The molecule has 0 amide bonds. The second kappa shape index (κ2) is 2.49. The molecule has 0 saturated carbocycles. The molecule has 0 aromatic rings. The summed E-state index contributed by atoms with van der Waals surface area (Å²) >= 11 is 0. The number of ether oxygens (including phenoxy) is 1. The summed E-state index contributed by atoms with van der Waals surface area (Å²) in [5.41, 5.74) is 0. The van der Waals surface area contributed by atoms with Gasteiger partial charge in [0.05, 0.1) is 12.2 Å². The molecule has 0 radical (unpaired) electrons. The summed E-state index contributed by atoms with van der Waals surface area (Å²) in [4.78, 5) is 0. The Balaban J connectivity index is 1.89. The van der Waals surface area contributed by atoms with Gasteiger partial charge in [0, 0.05) is 0 Å². The molecule has 8 heavy (non-hydrogen) atoms. The van der Waals surface area contributed by atoms with Crippen LogP contribution in [0.3, 0.4) is 0 Å². The summed E-state index contributed by atoms with van der Waals surface area (Å²) in [6, 6.07) is 0. The van der Waals surface area contributed by atoms with E-state index < -0.39 is 0 Å². The van der Waals surface area contributed by atoms with Crippen LogP contribution in [0.15, 0.2) is 0 Å². The highest BCUT2D eigenvalue weighted by Gasteiger charge is 2.32. The second-order valence-corrected chi connectivity index (χ2v) is 2.52. The molecule has 1 aliphatic heterocycles. The largest absolute Gasteiger partial charge is 0.370 e. The zero-order valence-corrected chi connectivity index (χ0v) is 5.68. The molecular weight excluding hydrogens is 100 g/mol. The number of epoxide rings is 1. The van der Waals surface area contributed by atoms with Crippen molar-refractivity contribution in [1.82, 2.24) is 0 Å². The van der Waals surface area contributed by atoms with Crippen LogP contribution in [0.25, 0.3) is 0 Å². The minimum Gasteiger partial charge on any atom is -0.370 e. The number of hydrogen-bond donors (Lipinski definition) is 0. The Hall–Kier alpha value is -0.0400. The van der Waals surface area contributed by atoms with E-state index in [-0.39, 0.29) is 0 Å². The predicted molar refractivity (Wildman–Crippen MR) is 33.9 cm³/mol. The molecule has 0 spiro atoms. The maximum atomic E-state index is 5.22. The molecule has 48 valence electrons. The van der Waals surface area contributed by atoms with Crippen molar-refractivity contribution in [2.75, 3.05) is 0 Å². The molecule has 1 fully saturated rings. The van der Waals surface area contributed by atoms with Gasteiger partial charge in [-0.3, -0.25) is 0 Å². The zero-order valence-electron chi connectivity index (χ0n) is 5.68. The van der Waals surface area contributed by atoms with E-state index in [9.17, 15) is 0 Å². The van der Waals surface area contributed by atoms with Crippen LogP contribution in [0.5, 0.6) is 0 Å². The van der Waals surface area contributed by atoms with Crippen molar-refractivity contribution in [3.8, 4) is 0 Å². The van der Waals surface area contributed by atoms with Gasteiger partial charge in [0.15, 0.2) is 0 Å². The minimum atomic E-state index is 0.571. The summed E-state index contributed by atoms with van der Waals surface area (Å²) in [5, 5.41) is 0. The van der Waals surface area contributed by atoms with E-state index in [1.54, 1.807) is 0 Å². The average molecular weight is 114 g/mol. The maximum Gasteiger partial charge on any atom is 0.0839 e. The second-order valence-electron chi connectivity index (χ2n) is 2.52. The standard InChI is InChI=1S/C7H14O/c1-3-4-5-7-6(2)8-7/h6-7H,3-5H2,1-2H3/t6?,7-/m1/s1. The lowest BCUT2D eigenvalue weighted by Crippen LogP contribution is -1.87. The number of rotatable bonds is 3. The van der Waals surface area contributed by atoms with E-state index in [0.717, 1.165) is 0 Å². The van der Waals surface area contributed by atoms with Crippen molar-refractivity contribution in [2.24, 2.45) is 0 Å². The summed E-state index contributed by atoms with van der Waals surface area (Å²) in [6.07, 6.45) is 5.09. The van der Waals surface area contributed by atoms with Crippen LogP contribution in [0.1, 0.15) is 33.1 Å². The first-order valence-corrected chi connectivity index (χ1v) is 3.50. The van der Waals surface area contributed by atoms with Crippen LogP contribution in [-0.4, -0.2) is 12.2 Å². The van der Waals surface area contributed by atoms with Crippen molar-refractivity contribution >= 4 is 0 Å². The van der Waals surface area contributed by atoms with Gasteiger partial charge in [-0.2, -0.15) is 0 Å². The molecule has 0 bridgehead atoms. The zero-order chi connectivity index (χ0) is 5.98. The Morgan fingerprint density at radius 1 is 1.50 bits per heavy atom. The third-order valence-corrected chi connectivity index (χ3v) is 1.68. The summed E-state index contributed by atoms with van der Waals surface area (Å²) in [5.74, 6) is 0. The van der Waals surface area contributed by atoms with E-state index >= 15 is 0 Å². The summed E-state index contributed by atoms with van der Waals surface area (Å²) in [7, 11) is 0. The van der Waals surface area contributed by atoms with Crippen molar-refractivity contribution in [1.29, 1.82) is 0 Å². The first-order chi connectivity index (χ1) is 3.84. The normalized spacial score (nSPS) is 35.2. The van der Waals surface area contributed by atoms with Gasteiger partial charge in [-0.1, -0.05) is 19.8 Å². The summed E-state index contributed by atoms with van der Waals surface area (Å²) < 4.78 is 5.22. The molecule has 1 aliphatic rings. The molecule has 2 atom stereocenters. The van der Waals surface area contributed by atoms with Gasteiger partial charge in [0.2, 0.25) is 0 Å². The van der Waals surface area contributed by atoms with Gasteiger partial charge < -0.3 is 4.74 Å². The monoisotopic (exact) mass is 114 g/mol. The lowest BCUT2D eigenvalue weighted by Gasteiger charge is -1.87. The van der Waals surface area contributed by atoms with Crippen LogP contribution >= 0.6 is 0 Å². The molecule has 1 unspecified atom stereocenters. The van der Waals surface area contributed by atoms with Gasteiger partial charge in [-0.25, -0.2) is 0 Å². The Morgan fingerprint density at radius 2 is 2.12 bits per heavy atom. The maximum absolute atomic E-state index is 5.22. The van der Waals surface area contributed by atoms with E-state index in [2.05, 4.69) is 13.8 Å². The molecule has 1 rings (SSSR count). The van der Waals surface area contributed by atoms with Gasteiger partial charge in [0.1, 0.15) is 0 Å².